The molecule has 0 atom stereocenters. The monoisotopic (exact) mass is 457 g/mol. The quantitative estimate of drug-likeness (QED) is 0.763. The van der Waals surface area contributed by atoms with Crippen molar-refractivity contribution in [2.45, 2.75) is 46.4 Å². The Morgan fingerprint density at radius 1 is 0.844 bits per heavy atom. The van der Waals surface area contributed by atoms with Gasteiger partial charge in [0, 0.05) is 44.4 Å². The van der Waals surface area contributed by atoms with Crippen LogP contribution in [0.1, 0.15) is 45.1 Å². The molecule has 2 aromatic rings. The minimum atomic E-state index is -3.67. The van der Waals surface area contributed by atoms with Gasteiger partial charge in [0.1, 0.15) is 0 Å². The van der Waals surface area contributed by atoms with E-state index in [2.05, 4.69) is 5.32 Å². The summed E-state index contributed by atoms with van der Waals surface area (Å²) >= 11 is 0. The molecule has 1 fully saturated rings. The van der Waals surface area contributed by atoms with Gasteiger partial charge < -0.3 is 10.2 Å². The first-order chi connectivity index (χ1) is 14.9. The zero-order chi connectivity index (χ0) is 23.8. The third-order valence-electron chi connectivity index (χ3n) is 6.48. The van der Waals surface area contributed by atoms with E-state index < -0.39 is 10.0 Å². The number of amides is 2. The van der Waals surface area contributed by atoms with E-state index in [1.807, 2.05) is 34.6 Å². The number of hydrogen-bond donors (Lipinski definition) is 1. The number of anilines is 1. The topological polar surface area (TPSA) is 86.8 Å². The Hall–Kier alpha value is -2.71. The fourth-order valence-electron chi connectivity index (χ4n) is 4.23. The van der Waals surface area contributed by atoms with E-state index in [-0.39, 0.29) is 24.9 Å². The summed E-state index contributed by atoms with van der Waals surface area (Å²) in [6, 6.07) is 6.77. The van der Waals surface area contributed by atoms with Gasteiger partial charge in [0.25, 0.3) is 5.91 Å². The molecular formula is C24H31N3O4S. The second kappa shape index (κ2) is 9.03. The molecule has 0 aliphatic carbocycles. The second-order valence-corrected chi connectivity index (χ2v) is 10.3. The summed E-state index contributed by atoms with van der Waals surface area (Å²) < 4.78 is 28.5. The molecule has 1 heterocycles. The fourth-order valence-corrected chi connectivity index (χ4v) is 6.21. The maximum atomic E-state index is 13.5. The highest BCUT2D eigenvalue weighted by atomic mass is 32.2. The zero-order valence-electron chi connectivity index (χ0n) is 19.6. The van der Waals surface area contributed by atoms with Gasteiger partial charge in [-0.25, -0.2) is 8.42 Å². The maximum Gasteiger partial charge on any atom is 0.254 e. The molecule has 0 saturated carbocycles. The molecule has 172 valence electrons. The highest BCUT2D eigenvalue weighted by Crippen LogP contribution is 2.32. The van der Waals surface area contributed by atoms with Crippen molar-refractivity contribution in [3.63, 3.8) is 0 Å². The number of nitrogens with zero attached hydrogens (tertiary/aromatic N) is 2. The Bertz CT molecular complexity index is 1150. The third kappa shape index (κ3) is 4.42. The van der Waals surface area contributed by atoms with Crippen molar-refractivity contribution in [3.05, 3.63) is 57.6 Å². The Labute approximate surface area is 190 Å². The van der Waals surface area contributed by atoms with E-state index in [4.69, 9.17) is 0 Å². The van der Waals surface area contributed by atoms with Crippen molar-refractivity contribution in [1.29, 1.82) is 0 Å². The number of carbonyl (C=O) groups is 2. The summed E-state index contributed by atoms with van der Waals surface area (Å²) in [6.07, 6.45) is 0. The molecule has 0 aromatic heterocycles. The zero-order valence-corrected chi connectivity index (χ0v) is 20.4. The molecule has 2 amide bonds. The van der Waals surface area contributed by atoms with Crippen molar-refractivity contribution < 1.29 is 18.0 Å². The van der Waals surface area contributed by atoms with Crippen LogP contribution in [0.25, 0.3) is 0 Å². The summed E-state index contributed by atoms with van der Waals surface area (Å²) in [5.74, 6) is -0.385. The van der Waals surface area contributed by atoms with Crippen LogP contribution in [-0.2, 0) is 14.8 Å². The van der Waals surface area contributed by atoms with Gasteiger partial charge in [-0.15, -0.1) is 0 Å². The van der Waals surface area contributed by atoms with Gasteiger partial charge in [-0.2, -0.15) is 4.31 Å². The van der Waals surface area contributed by atoms with Gasteiger partial charge in [0.15, 0.2) is 0 Å². The molecule has 3 rings (SSSR count). The molecule has 7 nitrogen and oxygen atoms in total. The van der Waals surface area contributed by atoms with Crippen LogP contribution < -0.4 is 5.32 Å². The summed E-state index contributed by atoms with van der Waals surface area (Å²) in [4.78, 5) is 26.3. The molecule has 1 saturated heterocycles. The van der Waals surface area contributed by atoms with Crippen molar-refractivity contribution in [3.8, 4) is 0 Å². The van der Waals surface area contributed by atoms with Crippen molar-refractivity contribution in [2.24, 2.45) is 0 Å². The number of hydrogen-bond acceptors (Lipinski definition) is 4. The van der Waals surface area contributed by atoms with Crippen molar-refractivity contribution >= 4 is 27.5 Å². The lowest BCUT2D eigenvalue weighted by Gasteiger charge is -2.35. The highest BCUT2D eigenvalue weighted by Gasteiger charge is 2.33. The van der Waals surface area contributed by atoms with E-state index in [0.717, 1.165) is 27.8 Å². The number of rotatable bonds is 4. The van der Waals surface area contributed by atoms with Crippen molar-refractivity contribution in [2.75, 3.05) is 31.5 Å². The summed E-state index contributed by atoms with van der Waals surface area (Å²) in [5, 5.41) is 2.67. The largest absolute Gasteiger partial charge is 0.336 e. The van der Waals surface area contributed by atoms with Gasteiger partial charge in [-0.05, 0) is 80.6 Å². The van der Waals surface area contributed by atoms with Crippen molar-refractivity contribution in [1.82, 2.24) is 9.21 Å². The number of carbonyl (C=O) groups excluding carboxylic acids is 2. The lowest BCUT2D eigenvalue weighted by molar-refractivity contribution is -0.114. The highest BCUT2D eigenvalue weighted by molar-refractivity contribution is 7.89. The Balaban J connectivity index is 1.79. The summed E-state index contributed by atoms with van der Waals surface area (Å²) in [7, 11) is -3.67. The van der Waals surface area contributed by atoms with Gasteiger partial charge in [0.2, 0.25) is 15.9 Å². The minimum Gasteiger partial charge on any atom is -0.336 e. The first-order valence-electron chi connectivity index (χ1n) is 10.7. The predicted octanol–water partition coefficient (Wildman–Crippen LogP) is 3.33. The average molecular weight is 458 g/mol. The normalized spacial score (nSPS) is 15.0. The molecule has 0 unspecified atom stereocenters. The first-order valence-corrected chi connectivity index (χ1v) is 12.1. The molecule has 8 heteroatoms. The number of piperazine rings is 1. The summed E-state index contributed by atoms with van der Waals surface area (Å²) in [6.45, 7) is 12.2. The second-order valence-electron chi connectivity index (χ2n) is 8.41. The Morgan fingerprint density at radius 2 is 1.38 bits per heavy atom. The SMILES string of the molecule is CC(=O)Nc1cccc(C(=O)N2CCN(S(=O)(=O)c3c(C)c(C)c(C)c(C)c3C)CC2)c1. The smallest absolute Gasteiger partial charge is 0.254 e. The molecule has 2 aromatic carbocycles. The number of benzene rings is 2. The van der Waals surface area contributed by atoms with E-state index in [0.29, 0.717) is 29.2 Å². The maximum absolute atomic E-state index is 13.5. The lowest BCUT2D eigenvalue weighted by atomic mass is 9.95. The number of sulfonamides is 1. The van der Waals surface area contributed by atoms with Crippen LogP contribution in [0.3, 0.4) is 0 Å². The average Bonchev–Trinajstić information content (AvgIpc) is 2.75. The molecule has 1 aliphatic heterocycles. The molecular weight excluding hydrogens is 426 g/mol. The molecule has 0 bridgehead atoms. The van der Waals surface area contributed by atoms with Gasteiger partial charge >= 0.3 is 0 Å². The predicted molar refractivity (Wildman–Crippen MR) is 126 cm³/mol. The standard InChI is InChI=1S/C24H31N3O4S/c1-15-16(2)18(4)23(19(5)17(15)3)32(30,31)27-12-10-26(11-13-27)24(29)21-8-7-9-22(14-21)25-20(6)28/h7-9,14H,10-13H2,1-6H3,(H,25,28). The van der Waals surface area contributed by atoms with E-state index in [9.17, 15) is 18.0 Å². The molecule has 1 aliphatic rings. The molecule has 0 spiro atoms. The van der Waals surface area contributed by atoms with Crippen LogP contribution in [0, 0.1) is 34.6 Å². The lowest BCUT2D eigenvalue weighted by Crippen LogP contribution is -2.50. The van der Waals surface area contributed by atoms with Crippen LogP contribution in [0.5, 0.6) is 0 Å². The first kappa shape index (κ1) is 23.9. The Kier molecular flexibility index (Phi) is 6.76. The molecule has 32 heavy (non-hydrogen) atoms. The van der Waals surface area contributed by atoms with Crippen LogP contribution in [-0.4, -0.2) is 55.6 Å². The molecule has 1 N–H and O–H groups in total. The van der Waals surface area contributed by atoms with Crippen LogP contribution in [0.15, 0.2) is 29.2 Å². The minimum absolute atomic E-state index is 0.177. The number of nitrogens with one attached hydrogen (secondary N) is 1. The fraction of sp³-hybridized carbons (Fsp3) is 0.417. The van der Waals surface area contributed by atoms with E-state index in [1.54, 1.807) is 29.2 Å². The van der Waals surface area contributed by atoms with Crippen LogP contribution >= 0.6 is 0 Å². The van der Waals surface area contributed by atoms with Crippen LogP contribution in [0.4, 0.5) is 5.69 Å². The summed E-state index contributed by atoms with van der Waals surface area (Å²) in [5.41, 5.74) is 5.72. The van der Waals surface area contributed by atoms with Gasteiger partial charge in [-0.3, -0.25) is 9.59 Å². The van der Waals surface area contributed by atoms with Gasteiger partial charge in [0.05, 0.1) is 4.90 Å². The Morgan fingerprint density at radius 3 is 1.91 bits per heavy atom. The third-order valence-corrected chi connectivity index (χ3v) is 8.66. The van der Waals surface area contributed by atoms with E-state index in [1.165, 1.54) is 11.2 Å². The van der Waals surface area contributed by atoms with E-state index >= 15 is 0 Å². The van der Waals surface area contributed by atoms with Crippen LogP contribution in [0.2, 0.25) is 0 Å². The molecule has 0 radical (unpaired) electrons. The van der Waals surface area contributed by atoms with Gasteiger partial charge in [-0.1, -0.05) is 6.07 Å².